The van der Waals surface area contributed by atoms with Crippen molar-refractivity contribution in [1.82, 2.24) is 4.90 Å². The van der Waals surface area contributed by atoms with Crippen molar-refractivity contribution in [2.45, 2.75) is 31.9 Å². The molecular weight excluding hydrogens is 128 g/mol. The molecule has 0 amide bonds. The molecule has 1 fully saturated rings. The Labute approximate surface area is 60.9 Å². The Morgan fingerprint density at radius 3 is 2.50 bits per heavy atom. The summed E-state index contributed by atoms with van der Waals surface area (Å²) in [7, 11) is 0. The molecule has 3 nitrogen and oxygen atoms in total. The summed E-state index contributed by atoms with van der Waals surface area (Å²) in [4.78, 5) is 1.62. The number of nitrogens with zero attached hydrogens (tertiary/aromatic N) is 2. The normalized spacial score (nSPS) is 30.2. The summed E-state index contributed by atoms with van der Waals surface area (Å²) in [6, 6.07) is 0. The van der Waals surface area contributed by atoms with E-state index in [1.54, 1.807) is 4.90 Å². The van der Waals surface area contributed by atoms with Gasteiger partial charge in [-0.05, 0) is 20.3 Å². The van der Waals surface area contributed by atoms with Gasteiger partial charge in [0.1, 0.15) is 0 Å². The van der Waals surface area contributed by atoms with Crippen molar-refractivity contribution in [3.05, 3.63) is 0 Å². The third kappa shape index (κ3) is 1.07. The zero-order valence-corrected chi connectivity index (χ0v) is 6.33. The highest BCUT2D eigenvalue weighted by Crippen LogP contribution is 2.27. The molecule has 0 aromatic heterocycles. The second-order valence-corrected chi connectivity index (χ2v) is 3.38. The maximum atomic E-state index is 9.17. The van der Waals surface area contributed by atoms with Gasteiger partial charge in [-0.3, -0.25) is 0 Å². The molecule has 0 aromatic rings. The van der Waals surface area contributed by atoms with Gasteiger partial charge in [0, 0.05) is 5.54 Å². The van der Waals surface area contributed by atoms with Crippen LogP contribution in [0.2, 0.25) is 0 Å². The first kappa shape index (κ1) is 7.36. The fraction of sp³-hybridized carbons (Fsp3) is 0.857. The van der Waals surface area contributed by atoms with Gasteiger partial charge < -0.3 is 10.0 Å². The molecule has 0 radical (unpaired) electrons. The first-order valence-corrected chi connectivity index (χ1v) is 3.42. The lowest BCUT2D eigenvalue weighted by Crippen LogP contribution is -2.33. The van der Waals surface area contributed by atoms with Crippen molar-refractivity contribution in [3.63, 3.8) is 0 Å². The molecule has 1 aliphatic heterocycles. The molecular formula is C7H12N2O. The highest BCUT2D eigenvalue weighted by atomic mass is 16.3. The quantitative estimate of drug-likeness (QED) is 0.493. The van der Waals surface area contributed by atoms with Crippen LogP contribution in [0.25, 0.3) is 0 Å². The number of rotatable bonds is 0. The maximum Gasteiger partial charge on any atom is 0.179 e. The smallest absolute Gasteiger partial charge is 0.179 e. The van der Waals surface area contributed by atoms with Crippen LogP contribution in [-0.2, 0) is 0 Å². The summed E-state index contributed by atoms with van der Waals surface area (Å²) in [6.07, 6.45) is 2.43. The number of β-amino-alcohol motifs (C(OH)–C–C–N with tert-alkyl or cyclic N) is 1. The van der Waals surface area contributed by atoms with Crippen molar-refractivity contribution in [3.8, 4) is 6.19 Å². The van der Waals surface area contributed by atoms with E-state index in [2.05, 4.69) is 6.19 Å². The summed E-state index contributed by atoms with van der Waals surface area (Å²) < 4.78 is 0. The van der Waals surface area contributed by atoms with Gasteiger partial charge in [0.2, 0.25) is 0 Å². The van der Waals surface area contributed by atoms with Crippen molar-refractivity contribution in [2.75, 3.05) is 6.54 Å². The van der Waals surface area contributed by atoms with Crippen LogP contribution in [0.15, 0.2) is 0 Å². The van der Waals surface area contributed by atoms with Gasteiger partial charge in [-0.2, -0.15) is 5.26 Å². The van der Waals surface area contributed by atoms with Crippen LogP contribution in [0.5, 0.6) is 0 Å². The van der Waals surface area contributed by atoms with Crippen LogP contribution in [0.3, 0.4) is 0 Å². The van der Waals surface area contributed by atoms with Gasteiger partial charge in [-0.25, -0.2) is 0 Å². The number of aliphatic hydroxyl groups excluding tert-OH is 1. The number of hydrogen-bond donors (Lipinski definition) is 1. The second kappa shape index (κ2) is 2.14. The summed E-state index contributed by atoms with van der Waals surface area (Å²) in [5.74, 6) is 0. The average Bonchev–Trinajstić information content (AvgIpc) is 2.04. The molecule has 1 atom stereocenters. The van der Waals surface area contributed by atoms with Gasteiger partial charge in [-0.15, -0.1) is 0 Å². The van der Waals surface area contributed by atoms with Crippen LogP contribution >= 0.6 is 0 Å². The van der Waals surface area contributed by atoms with E-state index in [1.165, 1.54) is 0 Å². The maximum absolute atomic E-state index is 9.17. The zero-order chi connectivity index (χ0) is 7.78. The zero-order valence-electron chi connectivity index (χ0n) is 6.33. The second-order valence-electron chi connectivity index (χ2n) is 3.38. The molecule has 1 rings (SSSR count). The van der Waals surface area contributed by atoms with Crippen LogP contribution < -0.4 is 0 Å². The van der Waals surface area contributed by atoms with Gasteiger partial charge in [-0.1, -0.05) is 0 Å². The van der Waals surface area contributed by atoms with E-state index in [4.69, 9.17) is 5.26 Å². The first-order chi connectivity index (χ1) is 4.56. The van der Waals surface area contributed by atoms with Gasteiger partial charge in [0.05, 0.1) is 12.6 Å². The highest BCUT2D eigenvalue weighted by Gasteiger charge is 2.36. The van der Waals surface area contributed by atoms with E-state index in [9.17, 15) is 5.11 Å². The molecule has 1 N–H and O–H groups in total. The fourth-order valence-corrected chi connectivity index (χ4v) is 1.39. The number of aliphatic hydroxyl groups is 1. The number of likely N-dealkylation sites (tertiary alicyclic amines) is 1. The summed E-state index contributed by atoms with van der Waals surface area (Å²) in [5.41, 5.74) is -0.145. The molecule has 1 unspecified atom stereocenters. The SMILES string of the molecule is CC1(C)CC(O)CN1C#N. The summed E-state index contributed by atoms with van der Waals surface area (Å²) >= 11 is 0. The lowest BCUT2D eigenvalue weighted by atomic mass is 10.0. The molecule has 0 aliphatic carbocycles. The van der Waals surface area contributed by atoms with Gasteiger partial charge >= 0.3 is 0 Å². The van der Waals surface area contributed by atoms with Gasteiger partial charge in [0.25, 0.3) is 0 Å². The van der Waals surface area contributed by atoms with E-state index < -0.39 is 0 Å². The van der Waals surface area contributed by atoms with Gasteiger partial charge in [0.15, 0.2) is 6.19 Å². The Kier molecular flexibility index (Phi) is 1.57. The Morgan fingerprint density at radius 2 is 2.30 bits per heavy atom. The Hall–Kier alpha value is -0.750. The van der Waals surface area contributed by atoms with E-state index in [0.29, 0.717) is 13.0 Å². The fourth-order valence-electron chi connectivity index (χ4n) is 1.39. The minimum atomic E-state index is -0.324. The average molecular weight is 140 g/mol. The molecule has 1 heterocycles. The Morgan fingerprint density at radius 1 is 1.70 bits per heavy atom. The third-order valence-corrected chi connectivity index (χ3v) is 1.98. The van der Waals surface area contributed by atoms with Crippen molar-refractivity contribution < 1.29 is 5.11 Å². The summed E-state index contributed by atoms with van der Waals surface area (Å²) in [6.45, 7) is 4.42. The highest BCUT2D eigenvalue weighted by molar-refractivity contribution is 4.98. The third-order valence-electron chi connectivity index (χ3n) is 1.98. The molecule has 56 valence electrons. The molecule has 0 spiro atoms. The lowest BCUT2D eigenvalue weighted by Gasteiger charge is -2.24. The van der Waals surface area contributed by atoms with Crippen molar-refractivity contribution in [2.24, 2.45) is 0 Å². The molecule has 0 aromatic carbocycles. The Bertz CT molecular complexity index is 171. The van der Waals surface area contributed by atoms with Crippen LogP contribution in [0.1, 0.15) is 20.3 Å². The van der Waals surface area contributed by atoms with Crippen LogP contribution in [0.4, 0.5) is 0 Å². The lowest BCUT2D eigenvalue weighted by molar-refractivity contribution is 0.186. The molecule has 0 saturated carbocycles. The molecule has 1 saturated heterocycles. The van der Waals surface area contributed by atoms with E-state index >= 15 is 0 Å². The first-order valence-electron chi connectivity index (χ1n) is 3.42. The van der Waals surface area contributed by atoms with E-state index in [-0.39, 0.29) is 11.6 Å². The van der Waals surface area contributed by atoms with Crippen molar-refractivity contribution in [1.29, 1.82) is 5.26 Å². The molecule has 1 aliphatic rings. The number of hydrogen-bond acceptors (Lipinski definition) is 3. The number of nitriles is 1. The standard InChI is InChI=1S/C7H12N2O/c1-7(2)3-6(10)4-9(7)5-8/h6,10H,3-4H2,1-2H3. The minimum Gasteiger partial charge on any atom is -0.391 e. The van der Waals surface area contributed by atoms with Crippen LogP contribution in [-0.4, -0.2) is 28.2 Å². The largest absolute Gasteiger partial charge is 0.391 e. The molecule has 0 bridgehead atoms. The molecule has 10 heavy (non-hydrogen) atoms. The monoisotopic (exact) mass is 140 g/mol. The topological polar surface area (TPSA) is 47.3 Å². The predicted molar refractivity (Wildman–Crippen MR) is 37.0 cm³/mol. The summed E-state index contributed by atoms with van der Waals surface area (Å²) in [5, 5.41) is 17.8. The van der Waals surface area contributed by atoms with Crippen molar-refractivity contribution >= 4 is 0 Å². The van der Waals surface area contributed by atoms with Crippen LogP contribution in [0, 0.1) is 11.5 Å². The molecule has 3 heteroatoms. The Balaban J connectivity index is 2.70. The van der Waals surface area contributed by atoms with E-state index in [0.717, 1.165) is 0 Å². The van der Waals surface area contributed by atoms with E-state index in [1.807, 2.05) is 13.8 Å². The predicted octanol–water partition coefficient (Wildman–Crippen LogP) is 0.313. The minimum absolute atomic E-state index is 0.145.